The number of allylic oxidation sites excluding steroid dienone is 1. The average molecular weight is 268 g/mol. The third kappa shape index (κ3) is 3.51. The molecule has 0 spiro atoms. The third-order valence-corrected chi connectivity index (χ3v) is 2.81. The molecule has 0 amide bonds. The van der Waals surface area contributed by atoms with E-state index >= 15 is 0 Å². The molecule has 1 aromatic carbocycles. The molecule has 0 saturated carbocycles. The Morgan fingerprint density at radius 2 is 2.05 bits per heavy atom. The fraction of sp³-hybridized carbons (Fsp3) is 0.188. The number of para-hydroxylation sites is 1. The molecule has 0 radical (unpaired) electrons. The summed E-state index contributed by atoms with van der Waals surface area (Å²) in [5.41, 5.74) is 1.78. The number of aromatic nitrogens is 2. The maximum Gasteiger partial charge on any atom is 0.205 e. The van der Waals surface area contributed by atoms with Crippen LogP contribution in [0.15, 0.2) is 42.7 Å². The summed E-state index contributed by atoms with van der Waals surface area (Å²) in [5, 5.41) is 9.60. The molecule has 0 aliphatic carbocycles. The Labute approximate surface area is 117 Å². The summed E-state index contributed by atoms with van der Waals surface area (Å²) in [5.74, 6) is -0.0928. The Bertz CT molecular complexity index is 619. The van der Waals surface area contributed by atoms with Crippen LogP contribution in [0.25, 0.3) is 6.08 Å². The summed E-state index contributed by atoms with van der Waals surface area (Å²) >= 11 is 0. The lowest BCUT2D eigenvalue weighted by molar-refractivity contribution is 0.104. The van der Waals surface area contributed by atoms with Gasteiger partial charge in [0.1, 0.15) is 11.4 Å². The molecule has 1 N–H and O–H groups in total. The van der Waals surface area contributed by atoms with E-state index in [1.807, 2.05) is 0 Å². The maximum atomic E-state index is 11.9. The van der Waals surface area contributed by atoms with Crippen molar-refractivity contribution in [3.63, 3.8) is 0 Å². The van der Waals surface area contributed by atoms with Crippen LogP contribution in [0.2, 0.25) is 0 Å². The minimum Gasteiger partial charge on any atom is -0.507 e. The lowest BCUT2D eigenvalue weighted by atomic mass is 10.1. The van der Waals surface area contributed by atoms with E-state index in [9.17, 15) is 9.90 Å². The lowest BCUT2D eigenvalue weighted by Crippen LogP contribution is -2.01. The molecule has 20 heavy (non-hydrogen) atoms. The highest BCUT2D eigenvalue weighted by Crippen LogP contribution is 2.17. The molecular weight excluding hydrogens is 252 g/mol. The molecule has 0 aliphatic rings. The van der Waals surface area contributed by atoms with Crippen LogP contribution in [0.1, 0.15) is 35.1 Å². The van der Waals surface area contributed by atoms with Gasteiger partial charge in [-0.15, -0.1) is 0 Å². The highest BCUT2D eigenvalue weighted by Gasteiger charge is 2.05. The van der Waals surface area contributed by atoms with Crippen LogP contribution < -0.4 is 0 Å². The number of rotatable bonds is 5. The predicted octanol–water partition coefficient (Wildman–Crippen LogP) is 3.03. The molecule has 0 fully saturated rings. The highest BCUT2D eigenvalue weighted by atomic mass is 16.3. The maximum absolute atomic E-state index is 11.9. The number of hydrogen-bond donors (Lipinski definition) is 1. The zero-order valence-electron chi connectivity index (χ0n) is 11.3. The Balaban J connectivity index is 2.10. The molecular formula is C16H16N2O2. The van der Waals surface area contributed by atoms with Gasteiger partial charge in [0, 0.05) is 11.8 Å². The Morgan fingerprint density at radius 3 is 2.70 bits per heavy atom. The van der Waals surface area contributed by atoms with Gasteiger partial charge in [0.25, 0.3) is 0 Å². The SMILES string of the molecule is CCCc1cnc(C(=O)/C=C/c2ccccc2O)cn1. The topological polar surface area (TPSA) is 63.1 Å². The first-order chi connectivity index (χ1) is 9.70. The first-order valence-corrected chi connectivity index (χ1v) is 6.52. The Morgan fingerprint density at radius 1 is 1.25 bits per heavy atom. The second-order valence-electron chi connectivity index (χ2n) is 4.40. The van der Waals surface area contributed by atoms with Crippen molar-refractivity contribution in [2.24, 2.45) is 0 Å². The number of phenols is 1. The van der Waals surface area contributed by atoms with E-state index in [2.05, 4.69) is 16.9 Å². The summed E-state index contributed by atoms with van der Waals surface area (Å²) in [6.45, 7) is 2.07. The van der Waals surface area contributed by atoms with Crippen molar-refractivity contribution in [3.05, 3.63) is 59.7 Å². The first-order valence-electron chi connectivity index (χ1n) is 6.52. The second-order valence-corrected chi connectivity index (χ2v) is 4.40. The van der Waals surface area contributed by atoms with Gasteiger partial charge in [-0.1, -0.05) is 31.5 Å². The van der Waals surface area contributed by atoms with Crippen molar-refractivity contribution in [3.8, 4) is 5.75 Å². The van der Waals surface area contributed by atoms with Crippen molar-refractivity contribution >= 4 is 11.9 Å². The van der Waals surface area contributed by atoms with Crippen LogP contribution in [0.4, 0.5) is 0 Å². The van der Waals surface area contributed by atoms with Gasteiger partial charge in [-0.05, 0) is 24.6 Å². The van der Waals surface area contributed by atoms with Gasteiger partial charge in [0.15, 0.2) is 0 Å². The van der Waals surface area contributed by atoms with Gasteiger partial charge in [-0.2, -0.15) is 0 Å². The molecule has 2 aromatic rings. The third-order valence-electron chi connectivity index (χ3n) is 2.81. The molecule has 4 heteroatoms. The van der Waals surface area contributed by atoms with E-state index in [0.717, 1.165) is 18.5 Å². The molecule has 1 heterocycles. The molecule has 0 bridgehead atoms. The number of carbonyl (C=O) groups is 1. The van der Waals surface area contributed by atoms with Crippen molar-refractivity contribution < 1.29 is 9.90 Å². The van der Waals surface area contributed by atoms with Crippen LogP contribution in [0.3, 0.4) is 0 Å². The fourth-order valence-electron chi connectivity index (χ4n) is 1.75. The smallest absolute Gasteiger partial charge is 0.205 e. The van der Waals surface area contributed by atoms with Crippen LogP contribution in [0.5, 0.6) is 5.75 Å². The molecule has 0 unspecified atom stereocenters. The number of ketones is 1. The van der Waals surface area contributed by atoms with E-state index in [1.165, 1.54) is 12.3 Å². The number of hydrogen-bond acceptors (Lipinski definition) is 4. The van der Waals surface area contributed by atoms with E-state index in [1.54, 1.807) is 36.5 Å². The molecule has 4 nitrogen and oxygen atoms in total. The fourth-order valence-corrected chi connectivity index (χ4v) is 1.75. The summed E-state index contributed by atoms with van der Waals surface area (Å²) in [6, 6.07) is 6.83. The minimum atomic E-state index is -0.233. The number of aryl methyl sites for hydroxylation is 1. The number of aromatic hydroxyl groups is 1. The number of nitrogens with zero attached hydrogens (tertiary/aromatic N) is 2. The summed E-state index contributed by atoms with van der Waals surface area (Å²) in [7, 11) is 0. The molecule has 2 rings (SSSR count). The molecule has 0 aliphatic heterocycles. The van der Waals surface area contributed by atoms with E-state index in [-0.39, 0.29) is 11.5 Å². The zero-order chi connectivity index (χ0) is 14.4. The van der Waals surface area contributed by atoms with Crippen LogP contribution in [-0.4, -0.2) is 20.9 Å². The summed E-state index contributed by atoms with van der Waals surface area (Å²) < 4.78 is 0. The quantitative estimate of drug-likeness (QED) is 0.668. The molecule has 102 valence electrons. The number of carbonyl (C=O) groups excluding carboxylic acids is 1. The first kappa shape index (κ1) is 13.9. The van der Waals surface area contributed by atoms with Crippen LogP contribution >= 0.6 is 0 Å². The monoisotopic (exact) mass is 268 g/mol. The number of benzene rings is 1. The van der Waals surface area contributed by atoms with E-state index < -0.39 is 0 Å². The van der Waals surface area contributed by atoms with Gasteiger partial charge in [0.05, 0.1) is 11.9 Å². The van der Waals surface area contributed by atoms with Crippen molar-refractivity contribution in [1.82, 2.24) is 9.97 Å². The standard InChI is InChI=1S/C16H16N2O2/c1-2-5-13-10-18-14(11-17-13)16(20)9-8-12-6-3-4-7-15(12)19/h3-4,6-11,19H,2,5H2,1H3/b9-8+. The van der Waals surface area contributed by atoms with Crippen molar-refractivity contribution in [2.45, 2.75) is 19.8 Å². The normalized spacial score (nSPS) is 10.8. The predicted molar refractivity (Wildman–Crippen MR) is 77.5 cm³/mol. The highest BCUT2D eigenvalue weighted by molar-refractivity contribution is 6.05. The van der Waals surface area contributed by atoms with Crippen LogP contribution in [0, 0.1) is 0 Å². The van der Waals surface area contributed by atoms with Gasteiger partial charge in [0.2, 0.25) is 5.78 Å². The summed E-state index contributed by atoms with van der Waals surface area (Å²) in [4.78, 5) is 20.2. The average Bonchev–Trinajstić information content (AvgIpc) is 2.47. The van der Waals surface area contributed by atoms with Gasteiger partial charge in [-0.25, -0.2) is 4.98 Å². The largest absolute Gasteiger partial charge is 0.507 e. The molecule has 0 saturated heterocycles. The minimum absolute atomic E-state index is 0.140. The van der Waals surface area contributed by atoms with E-state index in [4.69, 9.17) is 0 Å². The van der Waals surface area contributed by atoms with Gasteiger partial charge in [-0.3, -0.25) is 9.78 Å². The lowest BCUT2D eigenvalue weighted by Gasteiger charge is -1.99. The van der Waals surface area contributed by atoms with Crippen molar-refractivity contribution in [2.75, 3.05) is 0 Å². The Hall–Kier alpha value is -2.49. The summed E-state index contributed by atoms with van der Waals surface area (Å²) in [6.07, 6.45) is 7.93. The van der Waals surface area contributed by atoms with Gasteiger partial charge >= 0.3 is 0 Å². The molecule has 1 aromatic heterocycles. The Kier molecular flexibility index (Phi) is 4.60. The zero-order valence-corrected chi connectivity index (χ0v) is 11.3. The van der Waals surface area contributed by atoms with Crippen molar-refractivity contribution in [1.29, 1.82) is 0 Å². The van der Waals surface area contributed by atoms with Gasteiger partial charge < -0.3 is 5.11 Å². The molecule has 0 atom stereocenters. The van der Waals surface area contributed by atoms with Crippen LogP contribution in [-0.2, 0) is 6.42 Å². The second kappa shape index (κ2) is 6.61. The number of phenolic OH excluding ortho intramolecular Hbond substituents is 1. The van der Waals surface area contributed by atoms with E-state index in [0.29, 0.717) is 11.3 Å².